The van der Waals surface area contributed by atoms with Gasteiger partial charge in [-0.25, -0.2) is 0 Å². The van der Waals surface area contributed by atoms with Crippen molar-refractivity contribution in [2.24, 2.45) is 5.41 Å². The molecule has 0 aromatic carbocycles. The molecule has 0 atom stereocenters. The van der Waals surface area contributed by atoms with Crippen molar-refractivity contribution < 1.29 is 9.90 Å². The topological polar surface area (TPSA) is 37.3 Å². The number of hydrogen-bond acceptors (Lipinski definition) is 1. The van der Waals surface area contributed by atoms with E-state index >= 15 is 0 Å². The first-order chi connectivity index (χ1) is 4.90. The summed E-state index contributed by atoms with van der Waals surface area (Å²) in [5, 5.41) is 9.28. The molecule has 0 heterocycles. The maximum atomic E-state index is 10.6. The van der Waals surface area contributed by atoms with Crippen LogP contribution >= 0.6 is 11.6 Å². The number of aliphatic carboxylic acids is 1. The van der Waals surface area contributed by atoms with Crippen LogP contribution in [0.2, 0.25) is 0 Å². The molecule has 0 aliphatic heterocycles. The van der Waals surface area contributed by atoms with E-state index in [0.29, 0.717) is 11.5 Å². The van der Waals surface area contributed by atoms with Crippen LogP contribution in [-0.2, 0) is 4.79 Å². The molecule has 0 spiro atoms. The van der Waals surface area contributed by atoms with E-state index in [2.05, 4.69) is 0 Å². The zero-order valence-electron chi connectivity index (χ0n) is 7.02. The maximum Gasteiger partial charge on any atom is 0.312 e. The minimum atomic E-state index is -0.857. The molecule has 0 saturated heterocycles. The molecule has 0 aromatic rings. The summed E-state index contributed by atoms with van der Waals surface area (Å²) >= 11 is 5.69. The first-order valence-electron chi connectivity index (χ1n) is 3.50. The molecule has 3 heteroatoms. The third-order valence-electron chi connectivity index (χ3n) is 1.41. The summed E-state index contributed by atoms with van der Waals surface area (Å²) in [5.74, 6) is -0.857. The molecule has 1 N–H and O–H groups in total. The lowest BCUT2D eigenvalue weighted by molar-refractivity contribution is -0.144. The van der Waals surface area contributed by atoms with Gasteiger partial charge in [-0.1, -0.05) is 24.6 Å². The average molecular weight is 177 g/mol. The Hall–Kier alpha value is -0.500. The lowest BCUT2D eigenvalue weighted by Gasteiger charge is -2.13. The highest BCUT2D eigenvalue weighted by Crippen LogP contribution is 2.22. The van der Waals surface area contributed by atoms with Gasteiger partial charge in [0.05, 0.1) is 5.41 Å². The van der Waals surface area contributed by atoms with Crippen molar-refractivity contribution in [2.45, 2.75) is 27.2 Å². The second kappa shape index (κ2) is 3.77. The molecule has 0 aromatic heterocycles. The van der Waals surface area contributed by atoms with Gasteiger partial charge in [-0.15, -0.1) is 0 Å². The summed E-state index contributed by atoms with van der Waals surface area (Å²) in [6, 6.07) is 0. The number of halogens is 1. The Bertz CT molecular complexity index is 183. The van der Waals surface area contributed by atoms with Gasteiger partial charge in [0.15, 0.2) is 0 Å². The van der Waals surface area contributed by atoms with Crippen molar-refractivity contribution in [3.8, 4) is 0 Å². The number of hydrogen-bond donors (Lipinski definition) is 1. The van der Waals surface area contributed by atoms with Gasteiger partial charge < -0.3 is 5.11 Å². The van der Waals surface area contributed by atoms with Crippen LogP contribution in [0.3, 0.4) is 0 Å². The molecule has 2 nitrogen and oxygen atoms in total. The Morgan fingerprint density at radius 3 is 2.36 bits per heavy atom. The van der Waals surface area contributed by atoms with E-state index in [9.17, 15) is 4.79 Å². The van der Waals surface area contributed by atoms with E-state index < -0.39 is 11.4 Å². The van der Waals surface area contributed by atoms with Gasteiger partial charge in [0, 0.05) is 5.03 Å². The van der Waals surface area contributed by atoms with E-state index in [0.717, 1.165) is 0 Å². The smallest absolute Gasteiger partial charge is 0.312 e. The Morgan fingerprint density at radius 2 is 2.09 bits per heavy atom. The molecule has 64 valence electrons. The molecule has 0 saturated carbocycles. The quantitative estimate of drug-likeness (QED) is 0.718. The van der Waals surface area contributed by atoms with Gasteiger partial charge in [0.2, 0.25) is 0 Å². The fraction of sp³-hybridized carbons (Fsp3) is 0.625. The van der Waals surface area contributed by atoms with Crippen LogP contribution in [0, 0.1) is 5.41 Å². The standard InChI is InChI=1S/C8H13ClO2/c1-4-6(9)5-8(2,3)7(10)11/h5H,4H2,1-3H3,(H,10,11)/b6-5+. The fourth-order valence-corrected chi connectivity index (χ4v) is 0.828. The highest BCUT2D eigenvalue weighted by atomic mass is 35.5. The Labute approximate surface area is 71.9 Å². The SMILES string of the molecule is CC/C(Cl)=C\C(C)(C)C(=O)O. The zero-order valence-corrected chi connectivity index (χ0v) is 7.77. The van der Waals surface area contributed by atoms with Gasteiger partial charge in [0.25, 0.3) is 0 Å². The molecule has 0 rings (SSSR count). The lowest BCUT2D eigenvalue weighted by atomic mass is 9.93. The van der Waals surface area contributed by atoms with E-state index in [4.69, 9.17) is 16.7 Å². The molecule has 0 radical (unpaired) electrons. The Balaban J connectivity index is 4.46. The molecule has 0 unspecified atom stereocenters. The molecule has 0 aliphatic carbocycles. The van der Waals surface area contributed by atoms with E-state index in [1.54, 1.807) is 19.9 Å². The van der Waals surface area contributed by atoms with Crippen LogP contribution in [0.1, 0.15) is 27.2 Å². The largest absolute Gasteiger partial charge is 0.481 e. The van der Waals surface area contributed by atoms with Crippen LogP contribution in [0.5, 0.6) is 0 Å². The van der Waals surface area contributed by atoms with Gasteiger partial charge >= 0.3 is 5.97 Å². The van der Waals surface area contributed by atoms with E-state index in [1.165, 1.54) is 0 Å². The molecule has 0 bridgehead atoms. The third kappa shape index (κ3) is 3.42. The number of carbonyl (C=O) groups is 1. The van der Waals surface area contributed by atoms with Crippen LogP contribution < -0.4 is 0 Å². The molecular formula is C8H13ClO2. The van der Waals surface area contributed by atoms with Crippen molar-refractivity contribution >= 4 is 17.6 Å². The minimum absolute atomic E-state index is 0.595. The van der Waals surface area contributed by atoms with Crippen molar-refractivity contribution in [3.63, 3.8) is 0 Å². The maximum absolute atomic E-state index is 10.6. The second-order valence-corrected chi connectivity index (χ2v) is 3.46. The zero-order chi connectivity index (χ0) is 9.07. The minimum Gasteiger partial charge on any atom is -0.481 e. The Morgan fingerprint density at radius 1 is 1.64 bits per heavy atom. The summed E-state index contributed by atoms with van der Waals surface area (Å²) < 4.78 is 0. The summed E-state index contributed by atoms with van der Waals surface area (Å²) in [5.41, 5.74) is -0.854. The van der Waals surface area contributed by atoms with Gasteiger partial charge in [-0.05, 0) is 20.3 Å². The molecule has 0 aliphatic rings. The van der Waals surface area contributed by atoms with E-state index in [-0.39, 0.29) is 0 Å². The van der Waals surface area contributed by atoms with Gasteiger partial charge in [0.1, 0.15) is 0 Å². The average Bonchev–Trinajstić information content (AvgIpc) is 1.86. The predicted octanol–water partition coefficient (Wildman–Crippen LogP) is 2.63. The number of carboxylic acid groups (broad SMARTS) is 1. The molecule has 11 heavy (non-hydrogen) atoms. The summed E-state index contributed by atoms with van der Waals surface area (Å²) in [6.45, 7) is 5.12. The molecule has 0 fully saturated rings. The highest BCUT2D eigenvalue weighted by Gasteiger charge is 2.24. The fourth-order valence-electron chi connectivity index (χ4n) is 0.555. The number of allylic oxidation sites excluding steroid dienone is 1. The summed E-state index contributed by atoms with van der Waals surface area (Å²) in [7, 11) is 0. The van der Waals surface area contributed by atoms with Crippen molar-refractivity contribution in [2.75, 3.05) is 0 Å². The molecular weight excluding hydrogens is 164 g/mol. The second-order valence-electron chi connectivity index (χ2n) is 2.97. The summed E-state index contributed by atoms with van der Waals surface area (Å²) in [6.07, 6.45) is 2.25. The highest BCUT2D eigenvalue weighted by molar-refractivity contribution is 6.29. The predicted molar refractivity (Wildman–Crippen MR) is 45.6 cm³/mol. The van der Waals surface area contributed by atoms with Gasteiger partial charge in [-0.3, -0.25) is 4.79 Å². The number of carboxylic acids is 1. The summed E-state index contributed by atoms with van der Waals surface area (Å²) in [4.78, 5) is 10.6. The van der Waals surface area contributed by atoms with Crippen molar-refractivity contribution in [1.29, 1.82) is 0 Å². The monoisotopic (exact) mass is 176 g/mol. The Kier molecular flexibility index (Phi) is 3.59. The van der Waals surface area contributed by atoms with Crippen molar-refractivity contribution in [1.82, 2.24) is 0 Å². The third-order valence-corrected chi connectivity index (χ3v) is 1.78. The molecule has 0 amide bonds. The number of rotatable bonds is 3. The first-order valence-corrected chi connectivity index (χ1v) is 3.88. The lowest BCUT2D eigenvalue weighted by Crippen LogP contribution is -2.20. The van der Waals surface area contributed by atoms with Gasteiger partial charge in [-0.2, -0.15) is 0 Å². The first kappa shape index (κ1) is 10.5. The van der Waals surface area contributed by atoms with Crippen molar-refractivity contribution in [3.05, 3.63) is 11.1 Å². The van der Waals surface area contributed by atoms with Crippen LogP contribution in [-0.4, -0.2) is 11.1 Å². The van der Waals surface area contributed by atoms with Crippen LogP contribution in [0.15, 0.2) is 11.1 Å². The van der Waals surface area contributed by atoms with Crippen LogP contribution in [0.25, 0.3) is 0 Å². The van der Waals surface area contributed by atoms with E-state index in [1.807, 2.05) is 6.92 Å². The van der Waals surface area contributed by atoms with Crippen LogP contribution in [0.4, 0.5) is 0 Å². The normalized spacial score (nSPS) is 13.3.